The van der Waals surface area contributed by atoms with Gasteiger partial charge in [-0.1, -0.05) is 0 Å². The third-order valence-electron chi connectivity index (χ3n) is 4.16. The highest BCUT2D eigenvalue weighted by Crippen LogP contribution is 2.20. The lowest BCUT2D eigenvalue weighted by atomic mass is 9.99. The highest BCUT2D eigenvalue weighted by atomic mass is 16.5. The smallest absolute Gasteiger partial charge is 0.345 e. The summed E-state index contributed by atoms with van der Waals surface area (Å²) >= 11 is 0. The number of hydrogen-bond donors (Lipinski definition) is 1. The lowest BCUT2D eigenvalue weighted by molar-refractivity contribution is -0.140. The van der Waals surface area contributed by atoms with Crippen molar-refractivity contribution in [3.63, 3.8) is 0 Å². The van der Waals surface area contributed by atoms with Crippen LogP contribution in [-0.4, -0.2) is 40.5 Å². The van der Waals surface area contributed by atoms with Gasteiger partial charge in [-0.05, 0) is 39.2 Å². The Hall–Kier alpha value is -1.63. The zero-order valence-electron chi connectivity index (χ0n) is 13.5. The first-order valence-corrected chi connectivity index (χ1v) is 8.12. The molecule has 0 spiro atoms. The molecule has 1 aliphatic heterocycles. The molecule has 1 saturated heterocycles. The number of aryl methyl sites for hydroxylation is 1. The van der Waals surface area contributed by atoms with Gasteiger partial charge in [0, 0.05) is 32.0 Å². The molecule has 0 bridgehead atoms. The topological polar surface area (TPSA) is 78.2 Å². The van der Waals surface area contributed by atoms with Crippen LogP contribution in [0.5, 0.6) is 0 Å². The van der Waals surface area contributed by atoms with Crippen molar-refractivity contribution in [1.29, 1.82) is 0 Å². The van der Waals surface area contributed by atoms with Gasteiger partial charge in [-0.2, -0.15) is 5.10 Å². The van der Waals surface area contributed by atoms with Crippen LogP contribution < -0.4 is 11.0 Å². The molecule has 0 aliphatic carbocycles. The molecule has 7 heteroatoms. The number of nitrogens with one attached hydrogen (secondary N) is 1. The van der Waals surface area contributed by atoms with Crippen molar-refractivity contribution >= 4 is 5.97 Å². The van der Waals surface area contributed by atoms with Crippen LogP contribution in [0, 0.1) is 0 Å². The molecule has 1 aromatic heterocycles. The van der Waals surface area contributed by atoms with Gasteiger partial charge in [-0.25, -0.2) is 9.48 Å². The Balaban J connectivity index is 2.01. The predicted molar refractivity (Wildman–Crippen MR) is 82.9 cm³/mol. The highest BCUT2D eigenvalue weighted by molar-refractivity contribution is 5.68. The molecule has 2 heterocycles. The van der Waals surface area contributed by atoms with E-state index in [0.29, 0.717) is 31.8 Å². The monoisotopic (exact) mass is 310 g/mol. The molecule has 124 valence electrons. The molecule has 1 aromatic rings. The first-order valence-electron chi connectivity index (χ1n) is 8.12. The summed E-state index contributed by atoms with van der Waals surface area (Å²) in [6, 6.07) is 0. The second-order valence-corrected chi connectivity index (χ2v) is 5.68. The van der Waals surface area contributed by atoms with Crippen molar-refractivity contribution in [2.45, 2.75) is 58.0 Å². The van der Waals surface area contributed by atoms with E-state index in [-0.39, 0.29) is 11.7 Å². The van der Waals surface area contributed by atoms with Crippen molar-refractivity contribution in [2.75, 3.05) is 20.2 Å². The minimum atomic E-state index is -0.208. The largest absolute Gasteiger partial charge is 0.469 e. The van der Waals surface area contributed by atoms with Crippen molar-refractivity contribution in [3.8, 4) is 0 Å². The molecule has 1 N–H and O–H groups in total. The molecule has 0 aromatic carbocycles. The number of nitrogens with zero attached hydrogens (tertiary/aromatic N) is 3. The van der Waals surface area contributed by atoms with Crippen LogP contribution in [0.3, 0.4) is 0 Å². The maximum absolute atomic E-state index is 12.4. The summed E-state index contributed by atoms with van der Waals surface area (Å²) in [5.41, 5.74) is -0.0406. The van der Waals surface area contributed by atoms with Gasteiger partial charge >= 0.3 is 11.7 Å². The van der Waals surface area contributed by atoms with Gasteiger partial charge < -0.3 is 10.1 Å². The van der Waals surface area contributed by atoms with Crippen LogP contribution in [0.25, 0.3) is 0 Å². The van der Waals surface area contributed by atoms with Crippen LogP contribution in [0.4, 0.5) is 0 Å². The number of ether oxygens (including phenoxy) is 1. The summed E-state index contributed by atoms with van der Waals surface area (Å²) < 4.78 is 7.93. The normalized spacial score (nSPS) is 18.4. The average molecular weight is 310 g/mol. The van der Waals surface area contributed by atoms with Gasteiger partial charge in [-0.3, -0.25) is 9.36 Å². The Morgan fingerprint density at radius 3 is 2.91 bits per heavy atom. The van der Waals surface area contributed by atoms with E-state index in [2.05, 4.69) is 15.2 Å². The predicted octanol–water partition coefficient (Wildman–Crippen LogP) is 0.875. The zero-order valence-corrected chi connectivity index (χ0v) is 13.5. The lowest BCUT2D eigenvalue weighted by Crippen LogP contribution is -2.31. The Bertz CT molecular complexity index is 543. The minimum Gasteiger partial charge on any atom is -0.469 e. The van der Waals surface area contributed by atoms with E-state index in [9.17, 15) is 9.59 Å². The van der Waals surface area contributed by atoms with E-state index in [0.717, 1.165) is 38.2 Å². The Morgan fingerprint density at radius 1 is 1.45 bits per heavy atom. The molecule has 0 amide bonds. The fraction of sp³-hybridized carbons (Fsp3) is 0.800. The molecule has 1 fully saturated rings. The van der Waals surface area contributed by atoms with Gasteiger partial charge in [0.2, 0.25) is 0 Å². The summed E-state index contributed by atoms with van der Waals surface area (Å²) in [5.74, 6) is 1.01. The zero-order chi connectivity index (χ0) is 15.9. The molecular formula is C15H26N4O3. The number of unbranched alkanes of at least 4 members (excludes halogenated alkanes) is 1. The first kappa shape index (κ1) is 16.7. The molecule has 1 atom stereocenters. The summed E-state index contributed by atoms with van der Waals surface area (Å²) in [7, 11) is 1.39. The highest BCUT2D eigenvalue weighted by Gasteiger charge is 2.23. The number of carbonyl (C=O) groups is 1. The summed E-state index contributed by atoms with van der Waals surface area (Å²) in [4.78, 5) is 23.5. The van der Waals surface area contributed by atoms with E-state index in [1.54, 1.807) is 9.25 Å². The fourth-order valence-electron chi connectivity index (χ4n) is 2.91. The second kappa shape index (κ2) is 8.12. The fourth-order valence-corrected chi connectivity index (χ4v) is 2.91. The minimum absolute atomic E-state index is 0.0406. The summed E-state index contributed by atoms with van der Waals surface area (Å²) in [5, 5.41) is 7.92. The Morgan fingerprint density at radius 2 is 2.27 bits per heavy atom. The number of hydrogen-bond acceptors (Lipinski definition) is 5. The van der Waals surface area contributed by atoms with E-state index >= 15 is 0 Å². The number of rotatable bonds is 7. The first-order chi connectivity index (χ1) is 10.7. The van der Waals surface area contributed by atoms with Crippen molar-refractivity contribution in [1.82, 2.24) is 19.7 Å². The number of aromatic nitrogens is 3. The van der Waals surface area contributed by atoms with Gasteiger partial charge in [-0.15, -0.1) is 0 Å². The van der Waals surface area contributed by atoms with Crippen LogP contribution in [0.1, 0.15) is 50.8 Å². The third-order valence-corrected chi connectivity index (χ3v) is 4.16. The SMILES string of the molecule is CCn1c(C2CCCNC2)nn(CCCCC(=O)OC)c1=O. The molecule has 7 nitrogen and oxygen atoms in total. The van der Waals surface area contributed by atoms with Crippen LogP contribution >= 0.6 is 0 Å². The van der Waals surface area contributed by atoms with E-state index in [1.165, 1.54) is 7.11 Å². The second-order valence-electron chi connectivity index (χ2n) is 5.68. The molecule has 22 heavy (non-hydrogen) atoms. The molecule has 1 aliphatic rings. The Kier molecular flexibility index (Phi) is 6.18. The Labute approximate surface area is 130 Å². The molecule has 2 rings (SSSR count). The van der Waals surface area contributed by atoms with Gasteiger partial charge in [0.05, 0.1) is 7.11 Å². The number of piperidine rings is 1. The number of methoxy groups -OCH3 is 1. The summed E-state index contributed by atoms with van der Waals surface area (Å²) in [6.07, 6.45) is 4.04. The van der Waals surface area contributed by atoms with Crippen molar-refractivity contribution in [3.05, 3.63) is 16.3 Å². The average Bonchev–Trinajstić information content (AvgIpc) is 2.88. The summed E-state index contributed by atoms with van der Waals surface area (Å²) in [6.45, 7) is 5.10. The van der Waals surface area contributed by atoms with Crippen LogP contribution in [0.2, 0.25) is 0 Å². The van der Waals surface area contributed by atoms with Crippen LogP contribution in [-0.2, 0) is 22.6 Å². The van der Waals surface area contributed by atoms with Gasteiger partial charge in [0.25, 0.3) is 0 Å². The van der Waals surface area contributed by atoms with Crippen molar-refractivity contribution in [2.24, 2.45) is 0 Å². The number of esters is 1. The van der Waals surface area contributed by atoms with Crippen molar-refractivity contribution < 1.29 is 9.53 Å². The maximum Gasteiger partial charge on any atom is 0.345 e. The third kappa shape index (κ3) is 3.97. The van der Waals surface area contributed by atoms with Crippen LogP contribution in [0.15, 0.2) is 4.79 Å². The van der Waals surface area contributed by atoms with Gasteiger partial charge in [0.1, 0.15) is 5.82 Å². The quantitative estimate of drug-likeness (QED) is 0.597. The molecule has 0 saturated carbocycles. The number of carbonyl (C=O) groups excluding carboxylic acids is 1. The maximum atomic E-state index is 12.4. The molecule has 0 radical (unpaired) electrons. The lowest BCUT2D eigenvalue weighted by Gasteiger charge is -2.21. The van der Waals surface area contributed by atoms with E-state index < -0.39 is 0 Å². The van der Waals surface area contributed by atoms with E-state index in [4.69, 9.17) is 0 Å². The molecule has 1 unspecified atom stereocenters. The standard InChI is InChI=1S/C15H26N4O3/c1-3-18-14(12-7-6-9-16-11-12)17-19(15(18)21)10-5-4-8-13(20)22-2/h12,16H,3-11H2,1-2H3. The molecular weight excluding hydrogens is 284 g/mol. The van der Waals surface area contributed by atoms with Gasteiger partial charge in [0.15, 0.2) is 0 Å². The van der Waals surface area contributed by atoms with E-state index in [1.807, 2.05) is 6.92 Å².